The summed E-state index contributed by atoms with van der Waals surface area (Å²) < 4.78 is 5.65. The van der Waals surface area contributed by atoms with E-state index in [1.807, 2.05) is 31.4 Å². The molecule has 0 spiro atoms. The minimum atomic E-state index is 0.194. The van der Waals surface area contributed by atoms with E-state index < -0.39 is 0 Å². The molecule has 0 amide bonds. The number of aliphatic hydroxyl groups excluding tert-OH is 1. The van der Waals surface area contributed by atoms with E-state index in [1.54, 1.807) is 23.1 Å². The van der Waals surface area contributed by atoms with Crippen LogP contribution in [0.25, 0.3) is 10.8 Å². The van der Waals surface area contributed by atoms with Crippen molar-refractivity contribution in [3.8, 4) is 10.8 Å². The second kappa shape index (κ2) is 5.71. The zero-order chi connectivity index (χ0) is 12.3. The smallest absolute Gasteiger partial charge is 0.236 e. The van der Waals surface area contributed by atoms with Crippen molar-refractivity contribution >= 4 is 23.1 Å². The first-order valence-corrected chi connectivity index (χ1v) is 7.36. The van der Waals surface area contributed by atoms with Crippen LogP contribution in [0.5, 0.6) is 0 Å². The number of rotatable bonds is 5. The summed E-state index contributed by atoms with van der Waals surface area (Å²) in [4.78, 5) is 5.55. The van der Waals surface area contributed by atoms with Gasteiger partial charge < -0.3 is 9.52 Å². The molecule has 3 nitrogen and oxygen atoms in total. The first-order chi connectivity index (χ1) is 8.20. The highest BCUT2D eigenvalue weighted by Gasteiger charge is 2.13. The van der Waals surface area contributed by atoms with Crippen molar-refractivity contribution in [2.45, 2.75) is 24.9 Å². The van der Waals surface area contributed by atoms with Gasteiger partial charge in [-0.2, -0.15) is 0 Å². The summed E-state index contributed by atoms with van der Waals surface area (Å²) in [5.74, 6) is 2.35. The number of oxazole rings is 1. The third-order valence-corrected chi connectivity index (χ3v) is 4.40. The Morgan fingerprint density at radius 1 is 1.59 bits per heavy atom. The quantitative estimate of drug-likeness (QED) is 0.904. The summed E-state index contributed by atoms with van der Waals surface area (Å²) in [6, 6.07) is 3.99. The van der Waals surface area contributed by atoms with E-state index in [0.717, 1.165) is 22.1 Å². The second-order valence-corrected chi connectivity index (χ2v) is 6.18. The maximum absolute atomic E-state index is 8.97. The van der Waals surface area contributed by atoms with E-state index >= 15 is 0 Å². The van der Waals surface area contributed by atoms with Gasteiger partial charge in [-0.1, -0.05) is 13.0 Å². The van der Waals surface area contributed by atoms with Crippen LogP contribution >= 0.6 is 23.1 Å². The van der Waals surface area contributed by atoms with Gasteiger partial charge >= 0.3 is 0 Å². The Bertz CT molecular complexity index is 465. The number of aromatic nitrogens is 1. The van der Waals surface area contributed by atoms with Crippen molar-refractivity contribution in [3.63, 3.8) is 0 Å². The van der Waals surface area contributed by atoms with Gasteiger partial charge in [-0.15, -0.1) is 23.1 Å². The average molecular weight is 269 g/mol. The molecule has 0 aliphatic rings. The lowest BCUT2D eigenvalue weighted by Gasteiger charge is -2.04. The number of thiophene rings is 1. The minimum absolute atomic E-state index is 0.194. The minimum Gasteiger partial charge on any atom is -0.440 e. The van der Waals surface area contributed by atoms with Gasteiger partial charge in [0.05, 0.1) is 17.2 Å². The topological polar surface area (TPSA) is 46.3 Å². The first-order valence-electron chi connectivity index (χ1n) is 5.43. The van der Waals surface area contributed by atoms with Gasteiger partial charge in [-0.3, -0.25) is 0 Å². The van der Waals surface area contributed by atoms with Crippen LogP contribution in [0, 0.1) is 6.92 Å². The number of thioether (sulfide) groups is 1. The highest BCUT2D eigenvalue weighted by Crippen LogP contribution is 2.28. The maximum atomic E-state index is 8.97. The fourth-order valence-corrected chi connectivity index (χ4v) is 2.81. The molecule has 2 rings (SSSR count). The molecule has 1 N–H and O–H groups in total. The molecular formula is C12H15NO2S2. The Morgan fingerprint density at radius 2 is 2.41 bits per heavy atom. The van der Waals surface area contributed by atoms with Gasteiger partial charge in [0.25, 0.3) is 0 Å². The third kappa shape index (κ3) is 3.12. The van der Waals surface area contributed by atoms with Crippen molar-refractivity contribution < 1.29 is 9.52 Å². The Labute approximate surface area is 109 Å². The first kappa shape index (κ1) is 12.7. The van der Waals surface area contributed by atoms with E-state index in [2.05, 4.69) is 4.98 Å². The van der Waals surface area contributed by atoms with E-state index in [-0.39, 0.29) is 11.9 Å². The SMILES string of the molecule is Cc1oc(-c2cccs2)nc1CSC(C)CO. The maximum Gasteiger partial charge on any atom is 0.236 e. The summed E-state index contributed by atoms with van der Waals surface area (Å²) in [6.45, 7) is 4.13. The molecule has 1 atom stereocenters. The highest BCUT2D eigenvalue weighted by atomic mass is 32.2. The molecule has 17 heavy (non-hydrogen) atoms. The molecule has 0 aromatic carbocycles. The molecule has 0 bridgehead atoms. The Morgan fingerprint density at radius 3 is 3.06 bits per heavy atom. The molecular weight excluding hydrogens is 254 g/mol. The summed E-state index contributed by atoms with van der Waals surface area (Å²) in [7, 11) is 0. The van der Waals surface area contributed by atoms with Gasteiger partial charge in [0.2, 0.25) is 5.89 Å². The number of aryl methyl sites for hydroxylation is 1. The van der Waals surface area contributed by atoms with Gasteiger partial charge in [0.1, 0.15) is 5.76 Å². The molecule has 2 aromatic heterocycles. The molecule has 92 valence electrons. The molecule has 0 aliphatic carbocycles. The second-order valence-electron chi connectivity index (χ2n) is 3.80. The molecule has 0 fully saturated rings. The Balaban J connectivity index is 2.09. The van der Waals surface area contributed by atoms with Gasteiger partial charge in [-0.25, -0.2) is 4.98 Å². The summed E-state index contributed by atoms with van der Waals surface area (Å²) in [5.41, 5.74) is 0.971. The van der Waals surface area contributed by atoms with Crippen LogP contribution < -0.4 is 0 Å². The molecule has 1 unspecified atom stereocenters. The van der Waals surface area contributed by atoms with Crippen molar-refractivity contribution in [1.29, 1.82) is 0 Å². The number of nitrogens with zero attached hydrogens (tertiary/aromatic N) is 1. The molecule has 2 aromatic rings. The largest absolute Gasteiger partial charge is 0.440 e. The number of hydrogen-bond donors (Lipinski definition) is 1. The molecule has 0 saturated carbocycles. The number of aliphatic hydroxyl groups is 1. The van der Waals surface area contributed by atoms with E-state index in [9.17, 15) is 0 Å². The van der Waals surface area contributed by atoms with Gasteiger partial charge in [0.15, 0.2) is 0 Å². The predicted octanol–water partition coefficient (Wildman–Crippen LogP) is 3.33. The Kier molecular flexibility index (Phi) is 4.25. The zero-order valence-electron chi connectivity index (χ0n) is 9.84. The lowest BCUT2D eigenvalue weighted by molar-refractivity contribution is 0.300. The molecule has 0 aliphatic heterocycles. The van der Waals surface area contributed by atoms with E-state index in [0.29, 0.717) is 5.89 Å². The zero-order valence-corrected chi connectivity index (χ0v) is 11.5. The van der Waals surface area contributed by atoms with Crippen molar-refractivity contribution in [2.75, 3.05) is 6.61 Å². The van der Waals surface area contributed by atoms with E-state index in [4.69, 9.17) is 9.52 Å². The monoisotopic (exact) mass is 269 g/mol. The normalized spacial score (nSPS) is 12.9. The average Bonchev–Trinajstić information content (AvgIpc) is 2.95. The molecule has 0 radical (unpaired) electrons. The lowest BCUT2D eigenvalue weighted by atomic mass is 10.4. The van der Waals surface area contributed by atoms with Crippen LogP contribution in [0.2, 0.25) is 0 Å². The van der Waals surface area contributed by atoms with Crippen LogP contribution in [-0.4, -0.2) is 21.9 Å². The van der Waals surface area contributed by atoms with Crippen LogP contribution in [0.3, 0.4) is 0 Å². The fraction of sp³-hybridized carbons (Fsp3) is 0.417. The number of hydrogen-bond acceptors (Lipinski definition) is 5. The summed E-state index contributed by atoms with van der Waals surface area (Å²) in [6.07, 6.45) is 0. The van der Waals surface area contributed by atoms with Crippen LogP contribution in [0.1, 0.15) is 18.4 Å². The van der Waals surface area contributed by atoms with Crippen LogP contribution in [-0.2, 0) is 5.75 Å². The molecule has 0 saturated heterocycles. The standard InChI is InChI=1S/C12H15NO2S2/c1-8(6-14)17-7-10-9(2)15-12(13-10)11-4-3-5-16-11/h3-5,8,14H,6-7H2,1-2H3. The van der Waals surface area contributed by atoms with Crippen molar-refractivity contribution in [1.82, 2.24) is 4.98 Å². The van der Waals surface area contributed by atoms with Crippen molar-refractivity contribution in [3.05, 3.63) is 29.0 Å². The fourth-order valence-electron chi connectivity index (χ4n) is 1.34. The Hall–Kier alpha value is -0.780. The van der Waals surface area contributed by atoms with Crippen LogP contribution in [0.4, 0.5) is 0 Å². The molecule has 2 heterocycles. The summed E-state index contributed by atoms with van der Waals surface area (Å²) >= 11 is 3.31. The lowest BCUT2D eigenvalue weighted by Crippen LogP contribution is -2.02. The highest BCUT2D eigenvalue weighted by molar-refractivity contribution is 7.99. The third-order valence-electron chi connectivity index (χ3n) is 2.39. The molecule has 5 heteroatoms. The van der Waals surface area contributed by atoms with Gasteiger partial charge in [-0.05, 0) is 18.4 Å². The van der Waals surface area contributed by atoms with Crippen molar-refractivity contribution in [2.24, 2.45) is 0 Å². The van der Waals surface area contributed by atoms with Crippen LogP contribution in [0.15, 0.2) is 21.9 Å². The van der Waals surface area contributed by atoms with Gasteiger partial charge in [0, 0.05) is 11.0 Å². The van der Waals surface area contributed by atoms with E-state index in [1.165, 1.54) is 0 Å². The summed E-state index contributed by atoms with van der Waals surface area (Å²) in [5, 5.41) is 11.2. The predicted molar refractivity (Wildman–Crippen MR) is 72.4 cm³/mol.